The van der Waals surface area contributed by atoms with Gasteiger partial charge in [-0.05, 0) is 18.4 Å². The van der Waals surface area contributed by atoms with Crippen molar-refractivity contribution >= 4 is 12.2 Å². The van der Waals surface area contributed by atoms with Crippen LogP contribution in [0.25, 0.3) is 10.4 Å². The van der Waals surface area contributed by atoms with E-state index in [0.29, 0.717) is 19.4 Å². The molecule has 0 aromatic rings. The highest BCUT2D eigenvalue weighted by atomic mass is 16.2. The fraction of sp³-hybridized carbons (Fsp3) is 0.800. The van der Waals surface area contributed by atoms with Gasteiger partial charge < -0.3 is 9.69 Å². The Labute approximate surface area is 94.2 Å². The van der Waals surface area contributed by atoms with Crippen molar-refractivity contribution in [3.8, 4) is 0 Å². The Kier molecular flexibility index (Phi) is 3.90. The molecule has 1 amide bonds. The highest BCUT2D eigenvalue weighted by Crippen LogP contribution is 2.26. The van der Waals surface area contributed by atoms with Crippen LogP contribution in [0.1, 0.15) is 33.1 Å². The van der Waals surface area contributed by atoms with Crippen LogP contribution in [-0.2, 0) is 9.59 Å². The summed E-state index contributed by atoms with van der Waals surface area (Å²) < 4.78 is 0. The highest BCUT2D eigenvalue weighted by molar-refractivity contribution is 5.78. The topological polar surface area (TPSA) is 86.1 Å². The average Bonchev–Trinajstić information content (AvgIpc) is 2.64. The molecule has 0 aromatic carbocycles. The molecule has 6 heteroatoms. The molecule has 6 nitrogen and oxygen atoms in total. The lowest BCUT2D eigenvalue weighted by atomic mass is 9.89. The largest absolute Gasteiger partial charge is 0.334 e. The van der Waals surface area contributed by atoms with Gasteiger partial charge in [-0.3, -0.25) is 4.79 Å². The maximum Gasteiger partial charge on any atom is 0.223 e. The van der Waals surface area contributed by atoms with Gasteiger partial charge in [-0.2, -0.15) is 0 Å². The Bertz CT molecular complexity index is 334. The third-order valence-electron chi connectivity index (χ3n) is 2.68. The van der Waals surface area contributed by atoms with Gasteiger partial charge in [0.2, 0.25) is 5.91 Å². The number of amides is 1. The van der Waals surface area contributed by atoms with E-state index in [1.54, 1.807) is 18.7 Å². The molecule has 16 heavy (non-hydrogen) atoms. The average molecular weight is 224 g/mol. The Balaban J connectivity index is 2.78. The van der Waals surface area contributed by atoms with Crippen LogP contribution >= 0.6 is 0 Å². The van der Waals surface area contributed by atoms with E-state index in [-0.39, 0.29) is 5.91 Å². The molecular formula is C10H16N4O2. The van der Waals surface area contributed by atoms with Gasteiger partial charge in [0.05, 0.1) is 0 Å². The van der Waals surface area contributed by atoms with E-state index >= 15 is 0 Å². The van der Waals surface area contributed by atoms with Crippen molar-refractivity contribution in [1.82, 2.24) is 4.90 Å². The third kappa shape index (κ3) is 2.97. The fourth-order valence-electron chi connectivity index (χ4n) is 1.78. The van der Waals surface area contributed by atoms with Gasteiger partial charge in [0.1, 0.15) is 12.5 Å². The summed E-state index contributed by atoms with van der Waals surface area (Å²) in [6.07, 6.45) is 1.94. The maximum absolute atomic E-state index is 11.5. The normalized spacial score (nSPS) is 18.1. The van der Waals surface area contributed by atoms with Gasteiger partial charge in [-0.25, -0.2) is 0 Å². The summed E-state index contributed by atoms with van der Waals surface area (Å²) in [5.74, 6) is -0.000834. The first kappa shape index (κ1) is 12.5. The highest BCUT2D eigenvalue weighted by Gasteiger charge is 2.31. The second kappa shape index (κ2) is 4.99. The zero-order chi connectivity index (χ0) is 12.2. The van der Waals surface area contributed by atoms with Crippen LogP contribution in [0.2, 0.25) is 0 Å². The zero-order valence-corrected chi connectivity index (χ0v) is 9.59. The molecule has 0 aromatic heterocycles. The van der Waals surface area contributed by atoms with E-state index in [4.69, 9.17) is 5.53 Å². The van der Waals surface area contributed by atoms with Crippen molar-refractivity contribution in [2.24, 2.45) is 10.5 Å². The molecule has 0 radical (unpaired) electrons. The van der Waals surface area contributed by atoms with E-state index in [1.165, 1.54) is 0 Å². The molecule has 0 saturated carbocycles. The number of hydrogen-bond donors (Lipinski definition) is 0. The van der Waals surface area contributed by atoms with Gasteiger partial charge in [-0.15, -0.1) is 0 Å². The number of carbonyl (C=O) groups is 2. The van der Waals surface area contributed by atoms with Gasteiger partial charge in [-0.1, -0.05) is 19.0 Å². The minimum Gasteiger partial charge on any atom is -0.334 e. The van der Waals surface area contributed by atoms with Gasteiger partial charge in [0.25, 0.3) is 0 Å². The van der Waals surface area contributed by atoms with Crippen molar-refractivity contribution in [2.75, 3.05) is 6.54 Å². The summed E-state index contributed by atoms with van der Waals surface area (Å²) in [5.41, 5.74) is 7.90. The Morgan fingerprint density at radius 3 is 2.81 bits per heavy atom. The number of nitrogens with zero attached hydrogens (tertiary/aromatic N) is 4. The van der Waals surface area contributed by atoms with Crippen LogP contribution in [0, 0.1) is 5.41 Å². The van der Waals surface area contributed by atoms with Crippen molar-refractivity contribution in [2.45, 2.75) is 39.3 Å². The fourth-order valence-corrected chi connectivity index (χ4v) is 1.78. The number of likely N-dealkylation sites (tertiary alicyclic amines) is 1. The van der Waals surface area contributed by atoms with Crippen molar-refractivity contribution < 1.29 is 9.59 Å². The van der Waals surface area contributed by atoms with Crippen LogP contribution in [-0.4, -0.2) is 29.8 Å². The molecule has 1 aliphatic rings. The zero-order valence-electron chi connectivity index (χ0n) is 9.59. The van der Waals surface area contributed by atoms with E-state index in [1.807, 2.05) is 0 Å². The lowest BCUT2D eigenvalue weighted by Gasteiger charge is -2.28. The maximum atomic E-state index is 11.5. The summed E-state index contributed by atoms with van der Waals surface area (Å²) in [7, 11) is 0. The Hall–Kier alpha value is -1.55. The van der Waals surface area contributed by atoms with Crippen molar-refractivity contribution in [1.29, 1.82) is 0 Å². The molecule has 1 heterocycles. The first-order chi connectivity index (χ1) is 7.50. The summed E-state index contributed by atoms with van der Waals surface area (Å²) >= 11 is 0. The molecule has 0 N–H and O–H groups in total. The van der Waals surface area contributed by atoms with Gasteiger partial charge in [0, 0.05) is 23.3 Å². The summed E-state index contributed by atoms with van der Waals surface area (Å²) in [6.45, 7) is 4.14. The van der Waals surface area contributed by atoms with Crippen LogP contribution < -0.4 is 0 Å². The molecule has 1 unspecified atom stereocenters. The molecule has 1 fully saturated rings. The molecule has 1 aliphatic heterocycles. The van der Waals surface area contributed by atoms with Gasteiger partial charge >= 0.3 is 0 Å². The Morgan fingerprint density at radius 1 is 1.69 bits per heavy atom. The third-order valence-corrected chi connectivity index (χ3v) is 2.68. The predicted octanol–water partition coefficient (Wildman–Crippen LogP) is 1.86. The van der Waals surface area contributed by atoms with Crippen molar-refractivity contribution in [3.63, 3.8) is 0 Å². The molecule has 1 saturated heterocycles. The van der Waals surface area contributed by atoms with Gasteiger partial charge in [0.15, 0.2) is 0 Å². The standard InChI is InChI=1S/C10H16N4O2/c1-10(2,7-15)6-8(12-13-11)14-5-3-4-9(14)16/h7-8H,3-6H2,1-2H3. The SMILES string of the molecule is CC(C)(C=O)CC(N=[N+]=[N-])N1CCCC1=O. The molecule has 0 bridgehead atoms. The van der Waals surface area contributed by atoms with Crippen LogP contribution in [0.15, 0.2) is 5.11 Å². The number of rotatable bonds is 5. The minimum atomic E-state index is -0.582. The smallest absolute Gasteiger partial charge is 0.223 e. The minimum absolute atomic E-state index is 0.000834. The van der Waals surface area contributed by atoms with Crippen molar-refractivity contribution in [3.05, 3.63) is 10.4 Å². The Morgan fingerprint density at radius 2 is 2.38 bits per heavy atom. The summed E-state index contributed by atoms with van der Waals surface area (Å²) in [5, 5.41) is 3.62. The lowest BCUT2D eigenvalue weighted by molar-refractivity contribution is -0.130. The van der Waals surface area contributed by atoms with E-state index in [9.17, 15) is 9.59 Å². The lowest BCUT2D eigenvalue weighted by Crippen LogP contribution is -2.38. The first-order valence-corrected chi connectivity index (χ1v) is 5.30. The molecule has 0 spiro atoms. The quantitative estimate of drug-likeness (QED) is 0.309. The second-order valence-electron chi connectivity index (χ2n) is 4.69. The number of aldehydes is 1. The number of carbonyl (C=O) groups excluding carboxylic acids is 2. The summed E-state index contributed by atoms with van der Waals surface area (Å²) in [4.78, 5) is 26.7. The predicted molar refractivity (Wildman–Crippen MR) is 58.3 cm³/mol. The second-order valence-corrected chi connectivity index (χ2v) is 4.69. The molecule has 1 atom stereocenters. The van der Waals surface area contributed by atoms with E-state index in [0.717, 1.165) is 12.7 Å². The summed E-state index contributed by atoms with van der Waals surface area (Å²) in [6, 6.07) is 0. The van der Waals surface area contributed by atoms with Crippen LogP contribution in [0.4, 0.5) is 0 Å². The molecule has 1 rings (SSSR count). The van der Waals surface area contributed by atoms with Crippen LogP contribution in [0.5, 0.6) is 0 Å². The van der Waals surface area contributed by atoms with Crippen LogP contribution in [0.3, 0.4) is 0 Å². The number of hydrogen-bond acceptors (Lipinski definition) is 3. The van der Waals surface area contributed by atoms with E-state index in [2.05, 4.69) is 10.0 Å². The molecular weight excluding hydrogens is 208 g/mol. The number of azide groups is 1. The first-order valence-electron chi connectivity index (χ1n) is 5.30. The monoisotopic (exact) mass is 224 g/mol. The molecule has 88 valence electrons. The molecule has 0 aliphatic carbocycles. The van der Waals surface area contributed by atoms with E-state index < -0.39 is 11.6 Å².